The molecule has 0 radical (unpaired) electrons. The van der Waals surface area contributed by atoms with E-state index in [0.717, 1.165) is 12.1 Å². The monoisotopic (exact) mass is 381 g/mol. The van der Waals surface area contributed by atoms with Crippen molar-refractivity contribution in [3.05, 3.63) is 107 Å². The molecule has 4 rings (SSSR count). The molecule has 1 aliphatic rings. The molecule has 0 saturated carbocycles. The van der Waals surface area contributed by atoms with Gasteiger partial charge in [0.2, 0.25) is 0 Å². The first-order chi connectivity index (χ1) is 14.1. The minimum atomic E-state index is -0.145. The van der Waals surface area contributed by atoms with Crippen molar-refractivity contribution in [2.24, 2.45) is 0 Å². The molecule has 2 unspecified atom stereocenters. The summed E-state index contributed by atoms with van der Waals surface area (Å²) in [5.74, 6) is 0. The van der Waals surface area contributed by atoms with Crippen molar-refractivity contribution in [1.29, 1.82) is 0 Å². The van der Waals surface area contributed by atoms with Crippen LogP contribution in [0.4, 0.5) is 5.69 Å². The summed E-state index contributed by atoms with van der Waals surface area (Å²) in [6.07, 6.45) is 8.22. The van der Waals surface area contributed by atoms with Crippen LogP contribution in [-0.2, 0) is 11.8 Å². The normalized spacial score (nSPS) is 20.3. The molecule has 148 valence electrons. The van der Waals surface area contributed by atoms with E-state index in [1.807, 2.05) is 0 Å². The number of para-hydroxylation sites is 1. The first-order valence-electron chi connectivity index (χ1n) is 10.8. The standard InChI is InChI=1S/C28H31N/c1-4-5-11-22-17-16-21(2)26(20-22)28(3)25-15-10-9-12-23(25)18-19-27(28)29-24-13-7-6-8-14-24/h6-10,12-20,27,29H,4-5,11H2,1-3H3. The average molecular weight is 382 g/mol. The zero-order chi connectivity index (χ0) is 20.3. The van der Waals surface area contributed by atoms with Crippen molar-refractivity contribution in [1.82, 2.24) is 0 Å². The van der Waals surface area contributed by atoms with Gasteiger partial charge in [-0.2, -0.15) is 0 Å². The predicted octanol–water partition coefficient (Wildman–Crippen LogP) is 7.15. The number of benzene rings is 3. The highest BCUT2D eigenvalue weighted by molar-refractivity contribution is 5.67. The Morgan fingerprint density at radius 2 is 1.66 bits per heavy atom. The Bertz CT molecular complexity index is 1000. The zero-order valence-electron chi connectivity index (χ0n) is 17.8. The van der Waals surface area contributed by atoms with E-state index in [1.165, 1.54) is 40.7 Å². The van der Waals surface area contributed by atoms with Crippen molar-refractivity contribution in [3.8, 4) is 0 Å². The third kappa shape index (κ3) is 3.74. The van der Waals surface area contributed by atoms with Crippen LogP contribution in [0.25, 0.3) is 6.08 Å². The number of rotatable bonds is 6. The van der Waals surface area contributed by atoms with Crippen molar-refractivity contribution < 1.29 is 0 Å². The van der Waals surface area contributed by atoms with Gasteiger partial charge in [-0.15, -0.1) is 0 Å². The molecule has 0 aliphatic heterocycles. The quantitative estimate of drug-likeness (QED) is 0.478. The van der Waals surface area contributed by atoms with E-state index in [-0.39, 0.29) is 11.5 Å². The van der Waals surface area contributed by atoms with Gasteiger partial charge in [0.15, 0.2) is 0 Å². The maximum atomic E-state index is 3.81. The molecule has 0 bridgehead atoms. The maximum Gasteiger partial charge on any atom is 0.0582 e. The Balaban J connectivity index is 1.84. The zero-order valence-corrected chi connectivity index (χ0v) is 17.8. The molecule has 0 spiro atoms. The van der Waals surface area contributed by atoms with Gasteiger partial charge < -0.3 is 5.32 Å². The molecule has 1 nitrogen and oxygen atoms in total. The second kappa shape index (κ2) is 8.29. The number of unbranched alkanes of at least 4 members (excludes halogenated alkanes) is 1. The number of hydrogen-bond donors (Lipinski definition) is 1. The van der Waals surface area contributed by atoms with Gasteiger partial charge in [0, 0.05) is 11.1 Å². The van der Waals surface area contributed by atoms with Crippen LogP contribution in [0.2, 0.25) is 0 Å². The molecule has 1 aliphatic carbocycles. The molecule has 0 aromatic heterocycles. The summed E-state index contributed by atoms with van der Waals surface area (Å²) in [6.45, 7) is 6.92. The number of anilines is 1. The molecule has 1 N–H and O–H groups in total. The third-order valence-corrected chi connectivity index (χ3v) is 6.39. The highest BCUT2D eigenvalue weighted by Gasteiger charge is 2.40. The lowest BCUT2D eigenvalue weighted by Gasteiger charge is -2.42. The molecule has 2 atom stereocenters. The molecule has 3 aromatic carbocycles. The highest BCUT2D eigenvalue weighted by Crippen LogP contribution is 2.44. The topological polar surface area (TPSA) is 12.0 Å². The third-order valence-electron chi connectivity index (χ3n) is 6.39. The summed E-state index contributed by atoms with van der Waals surface area (Å²) in [6, 6.07) is 26.7. The molecule has 0 saturated heterocycles. The number of aryl methyl sites for hydroxylation is 2. The van der Waals surface area contributed by atoms with Crippen molar-refractivity contribution in [3.63, 3.8) is 0 Å². The minimum Gasteiger partial charge on any atom is -0.378 e. The lowest BCUT2D eigenvalue weighted by atomic mass is 9.65. The molecule has 1 heteroatoms. The molecular weight excluding hydrogens is 350 g/mol. The second-order valence-electron chi connectivity index (χ2n) is 8.39. The Hall–Kier alpha value is -2.80. The summed E-state index contributed by atoms with van der Waals surface area (Å²) < 4.78 is 0. The molecule has 0 heterocycles. The van der Waals surface area contributed by atoms with E-state index in [2.05, 4.69) is 111 Å². The highest BCUT2D eigenvalue weighted by atomic mass is 14.9. The summed E-state index contributed by atoms with van der Waals surface area (Å²) >= 11 is 0. The van der Waals surface area contributed by atoms with E-state index in [0.29, 0.717) is 0 Å². The Kier molecular flexibility index (Phi) is 5.58. The number of fused-ring (bicyclic) bond motifs is 1. The lowest BCUT2D eigenvalue weighted by Crippen LogP contribution is -2.44. The van der Waals surface area contributed by atoms with Crippen molar-refractivity contribution in [2.75, 3.05) is 5.32 Å². The molecular formula is C28H31N. The summed E-state index contributed by atoms with van der Waals surface area (Å²) in [7, 11) is 0. The lowest BCUT2D eigenvalue weighted by molar-refractivity contribution is 0.521. The van der Waals surface area contributed by atoms with Crippen LogP contribution in [0.1, 0.15) is 54.5 Å². The van der Waals surface area contributed by atoms with E-state index < -0.39 is 0 Å². The van der Waals surface area contributed by atoms with E-state index in [4.69, 9.17) is 0 Å². The number of hydrogen-bond acceptors (Lipinski definition) is 1. The van der Waals surface area contributed by atoms with Gasteiger partial charge in [0.1, 0.15) is 0 Å². The molecule has 29 heavy (non-hydrogen) atoms. The fourth-order valence-corrected chi connectivity index (χ4v) is 4.66. The van der Waals surface area contributed by atoms with E-state index in [1.54, 1.807) is 0 Å². The minimum absolute atomic E-state index is 0.145. The summed E-state index contributed by atoms with van der Waals surface area (Å²) in [5, 5.41) is 3.81. The van der Waals surface area contributed by atoms with E-state index in [9.17, 15) is 0 Å². The average Bonchev–Trinajstić information content (AvgIpc) is 2.76. The van der Waals surface area contributed by atoms with Gasteiger partial charge >= 0.3 is 0 Å². The van der Waals surface area contributed by atoms with E-state index >= 15 is 0 Å². The van der Waals surface area contributed by atoms with Gasteiger partial charge in [-0.25, -0.2) is 0 Å². The molecule has 0 fully saturated rings. The van der Waals surface area contributed by atoms with Crippen molar-refractivity contribution >= 4 is 11.8 Å². The van der Waals surface area contributed by atoms with Crippen LogP contribution in [0.15, 0.2) is 78.9 Å². The SMILES string of the molecule is CCCCc1ccc(C)c(C2(C)c3ccccc3C=CC2Nc2ccccc2)c1. The van der Waals surface area contributed by atoms with Gasteiger partial charge in [-0.1, -0.05) is 86.2 Å². The Labute approximate surface area is 175 Å². The second-order valence-corrected chi connectivity index (χ2v) is 8.39. The first-order valence-corrected chi connectivity index (χ1v) is 10.8. The number of nitrogens with one attached hydrogen (secondary N) is 1. The van der Waals surface area contributed by atoms with Gasteiger partial charge in [-0.3, -0.25) is 0 Å². The van der Waals surface area contributed by atoms with Crippen LogP contribution in [0.5, 0.6) is 0 Å². The predicted molar refractivity (Wildman–Crippen MR) is 126 cm³/mol. The maximum absolute atomic E-state index is 3.81. The fourth-order valence-electron chi connectivity index (χ4n) is 4.66. The van der Waals surface area contributed by atoms with Crippen LogP contribution >= 0.6 is 0 Å². The summed E-state index contributed by atoms with van der Waals surface area (Å²) in [4.78, 5) is 0. The van der Waals surface area contributed by atoms with Crippen LogP contribution in [-0.4, -0.2) is 6.04 Å². The first kappa shape index (κ1) is 19.5. The van der Waals surface area contributed by atoms with Gasteiger partial charge in [-0.05, 0) is 66.6 Å². The summed E-state index contributed by atoms with van der Waals surface area (Å²) in [5.41, 5.74) is 7.96. The Morgan fingerprint density at radius 1 is 0.897 bits per heavy atom. The van der Waals surface area contributed by atoms with Crippen LogP contribution < -0.4 is 5.32 Å². The fraction of sp³-hybridized carbons (Fsp3) is 0.286. The van der Waals surface area contributed by atoms with Gasteiger partial charge in [0.05, 0.1) is 6.04 Å². The van der Waals surface area contributed by atoms with Crippen molar-refractivity contribution in [2.45, 2.75) is 51.5 Å². The van der Waals surface area contributed by atoms with Gasteiger partial charge in [0.25, 0.3) is 0 Å². The molecule has 3 aromatic rings. The molecule has 0 amide bonds. The smallest absolute Gasteiger partial charge is 0.0582 e. The van der Waals surface area contributed by atoms with Crippen LogP contribution in [0.3, 0.4) is 0 Å². The largest absolute Gasteiger partial charge is 0.378 e. The van der Waals surface area contributed by atoms with Crippen LogP contribution in [0, 0.1) is 6.92 Å². The Morgan fingerprint density at radius 3 is 2.45 bits per heavy atom.